The molecule has 5 nitrogen and oxygen atoms in total. The Morgan fingerprint density at radius 2 is 2.26 bits per heavy atom. The summed E-state index contributed by atoms with van der Waals surface area (Å²) in [7, 11) is 0. The first-order valence-electron chi connectivity index (χ1n) is 7.19. The Balaban J connectivity index is 1.65. The van der Waals surface area contributed by atoms with E-state index in [0.717, 1.165) is 44.8 Å². The van der Waals surface area contributed by atoms with Crippen LogP contribution in [0.4, 0.5) is 0 Å². The van der Waals surface area contributed by atoms with Crippen molar-refractivity contribution in [1.29, 1.82) is 0 Å². The molecule has 1 aromatic rings. The maximum Gasteiger partial charge on any atom is 0.147 e. The number of carbonyl (C=O) groups excluding carboxylic acids is 1. The number of hydrogen-bond donors (Lipinski definition) is 0. The molecule has 1 fully saturated rings. The Kier molecular flexibility index (Phi) is 3.17. The molecule has 0 spiro atoms. The summed E-state index contributed by atoms with van der Waals surface area (Å²) in [6.07, 6.45) is 5.05. The van der Waals surface area contributed by atoms with E-state index in [4.69, 9.17) is 0 Å². The summed E-state index contributed by atoms with van der Waals surface area (Å²) in [6.45, 7) is 7.82. The van der Waals surface area contributed by atoms with Gasteiger partial charge in [-0.2, -0.15) is 0 Å². The lowest BCUT2D eigenvalue weighted by atomic mass is 9.71. The summed E-state index contributed by atoms with van der Waals surface area (Å²) < 4.78 is 2.10. The first-order valence-corrected chi connectivity index (χ1v) is 7.19. The van der Waals surface area contributed by atoms with Gasteiger partial charge in [0, 0.05) is 31.0 Å². The van der Waals surface area contributed by atoms with Gasteiger partial charge in [0.25, 0.3) is 0 Å². The van der Waals surface area contributed by atoms with Crippen LogP contribution in [-0.2, 0) is 17.9 Å². The van der Waals surface area contributed by atoms with Crippen molar-refractivity contribution in [3.8, 4) is 0 Å². The molecule has 0 bridgehead atoms. The van der Waals surface area contributed by atoms with Gasteiger partial charge < -0.3 is 4.57 Å². The van der Waals surface area contributed by atoms with E-state index in [2.05, 4.69) is 33.5 Å². The number of hydrogen-bond acceptors (Lipinski definition) is 4. The molecular weight excluding hydrogens is 240 g/mol. The van der Waals surface area contributed by atoms with Gasteiger partial charge in [-0.3, -0.25) is 9.69 Å². The third kappa shape index (κ3) is 2.43. The van der Waals surface area contributed by atoms with Crippen molar-refractivity contribution in [1.82, 2.24) is 19.7 Å². The van der Waals surface area contributed by atoms with Gasteiger partial charge in [0.05, 0.1) is 6.54 Å². The summed E-state index contributed by atoms with van der Waals surface area (Å²) in [5.74, 6) is 1.68. The summed E-state index contributed by atoms with van der Waals surface area (Å²) in [6, 6.07) is 0. The molecule has 0 saturated heterocycles. The molecule has 2 heterocycles. The zero-order chi connectivity index (χ0) is 13.5. The first kappa shape index (κ1) is 12.8. The Labute approximate surface area is 114 Å². The van der Waals surface area contributed by atoms with Crippen molar-refractivity contribution in [2.75, 3.05) is 13.1 Å². The minimum atomic E-state index is -0.126. The number of carbonyl (C=O) groups is 1. The third-order valence-electron chi connectivity index (χ3n) is 4.59. The maximum absolute atomic E-state index is 12.5. The first-order chi connectivity index (χ1) is 9.06. The Morgan fingerprint density at radius 3 is 3.11 bits per heavy atom. The van der Waals surface area contributed by atoms with Crippen LogP contribution in [0, 0.1) is 11.3 Å². The second kappa shape index (κ2) is 4.71. The fraction of sp³-hybridized carbons (Fsp3) is 0.786. The van der Waals surface area contributed by atoms with Gasteiger partial charge in [-0.15, -0.1) is 10.2 Å². The van der Waals surface area contributed by atoms with Crippen molar-refractivity contribution in [3.63, 3.8) is 0 Å². The molecule has 2 aliphatic rings. The molecule has 0 aromatic carbocycles. The topological polar surface area (TPSA) is 51.0 Å². The molecule has 1 atom stereocenters. The number of ketones is 1. The number of aromatic nitrogens is 3. The molecule has 5 heteroatoms. The van der Waals surface area contributed by atoms with Crippen molar-refractivity contribution in [2.24, 2.45) is 11.3 Å². The van der Waals surface area contributed by atoms with Gasteiger partial charge in [-0.05, 0) is 12.8 Å². The zero-order valence-corrected chi connectivity index (χ0v) is 11.8. The van der Waals surface area contributed by atoms with E-state index < -0.39 is 0 Å². The second-order valence-corrected chi connectivity index (χ2v) is 6.51. The lowest BCUT2D eigenvalue weighted by Gasteiger charge is -2.37. The van der Waals surface area contributed by atoms with Crippen LogP contribution in [-0.4, -0.2) is 38.5 Å². The van der Waals surface area contributed by atoms with Gasteiger partial charge in [-0.1, -0.05) is 20.3 Å². The number of nitrogens with zero attached hydrogens (tertiary/aromatic N) is 4. The van der Waals surface area contributed by atoms with Crippen LogP contribution in [0.1, 0.15) is 38.9 Å². The van der Waals surface area contributed by atoms with E-state index >= 15 is 0 Å². The minimum absolute atomic E-state index is 0.126. The largest absolute Gasteiger partial charge is 0.315 e. The quantitative estimate of drug-likeness (QED) is 0.810. The molecule has 19 heavy (non-hydrogen) atoms. The summed E-state index contributed by atoms with van der Waals surface area (Å²) >= 11 is 0. The normalized spacial score (nSPS) is 27.3. The van der Waals surface area contributed by atoms with Crippen molar-refractivity contribution < 1.29 is 4.79 Å². The van der Waals surface area contributed by atoms with Crippen LogP contribution in [0.2, 0.25) is 0 Å². The number of Topliss-reactive ketones (excluding diaryl/α,β-unsaturated/α-hetero) is 1. The molecule has 0 radical (unpaired) electrons. The molecule has 0 amide bonds. The molecule has 3 rings (SSSR count). The van der Waals surface area contributed by atoms with E-state index in [0.29, 0.717) is 5.78 Å². The highest BCUT2D eigenvalue weighted by atomic mass is 16.1. The predicted molar refractivity (Wildman–Crippen MR) is 71.4 cm³/mol. The molecule has 1 unspecified atom stereocenters. The smallest absolute Gasteiger partial charge is 0.147 e. The average molecular weight is 262 g/mol. The van der Waals surface area contributed by atoms with Gasteiger partial charge in [0.15, 0.2) is 0 Å². The van der Waals surface area contributed by atoms with Gasteiger partial charge >= 0.3 is 0 Å². The van der Waals surface area contributed by atoms with Gasteiger partial charge in [-0.25, -0.2) is 0 Å². The van der Waals surface area contributed by atoms with E-state index in [1.807, 2.05) is 0 Å². The maximum atomic E-state index is 12.5. The van der Waals surface area contributed by atoms with E-state index in [1.54, 1.807) is 6.33 Å². The molecule has 104 valence electrons. The molecule has 1 aliphatic heterocycles. The minimum Gasteiger partial charge on any atom is -0.315 e. The van der Waals surface area contributed by atoms with E-state index in [1.165, 1.54) is 6.42 Å². The standard InChI is InChI=1S/C14H22N4O/c1-14(2)5-3-4-11(13(14)19)8-17-6-7-18-10-15-16-12(18)9-17/h10-11H,3-9H2,1-2H3. The van der Waals surface area contributed by atoms with E-state index in [-0.39, 0.29) is 11.3 Å². The second-order valence-electron chi connectivity index (χ2n) is 6.51. The fourth-order valence-corrected chi connectivity index (χ4v) is 3.36. The molecule has 1 saturated carbocycles. The van der Waals surface area contributed by atoms with Crippen LogP contribution >= 0.6 is 0 Å². The van der Waals surface area contributed by atoms with Crippen LogP contribution in [0.3, 0.4) is 0 Å². The summed E-state index contributed by atoms with van der Waals surface area (Å²) in [5.41, 5.74) is -0.126. The molecule has 1 aliphatic carbocycles. The fourth-order valence-electron chi connectivity index (χ4n) is 3.36. The SMILES string of the molecule is CC1(C)CCCC(CN2CCn3cnnc3C2)C1=O. The summed E-state index contributed by atoms with van der Waals surface area (Å²) in [4.78, 5) is 14.8. The van der Waals surface area contributed by atoms with Crippen LogP contribution in [0.25, 0.3) is 0 Å². The highest BCUT2D eigenvalue weighted by Gasteiger charge is 2.38. The van der Waals surface area contributed by atoms with Crippen molar-refractivity contribution >= 4 is 5.78 Å². The Bertz CT molecular complexity index is 480. The van der Waals surface area contributed by atoms with E-state index in [9.17, 15) is 4.79 Å². The summed E-state index contributed by atoms with van der Waals surface area (Å²) in [5, 5.41) is 8.08. The Morgan fingerprint density at radius 1 is 1.42 bits per heavy atom. The number of rotatable bonds is 2. The Hall–Kier alpha value is -1.23. The highest BCUT2D eigenvalue weighted by molar-refractivity contribution is 5.87. The van der Waals surface area contributed by atoms with Gasteiger partial charge in [0.1, 0.15) is 17.9 Å². The molecular formula is C14H22N4O. The van der Waals surface area contributed by atoms with Crippen LogP contribution in [0.15, 0.2) is 6.33 Å². The van der Waals surface area contributed by atoms with Crippen LogP contribution in [0.5, 0.6) is 0 Å². The van der Waals surface area contributed by atoms with Crippen LogP contribution < -0.4 is 0 Å². The monoisotopic (exact) mass is 262 g/mol. The van der Waals surface area contributed by atoms with Gasteiger partial charge in [0.2, 0.25) is 0 Å². The van der Waals surface area contributed by atoms with Crippen molar-refractivity contribution in [2.45, 2.75) is 46.2 Å². The highest BCUT2D eigenvalue weighted by Crippen LogP contribution is 2.35. The third-order valence-corrected chi connectivity index (χ3v) is 4.59. The lowest BCUT2D eigenvalue weighted by molar-refractivity contribution is -0.135. The molecule has 0 N–H and O–H groups in total. The average Bonchev–Trinajstić information content (AvgIpc) is 2.82. The van der Waals surface area contributed by atoms with Crippen molar-refractivity contribution in [3.05, 3.63) is 12.2 Å². The lowest BCUT2D eigenvalue weighted by Crippen LogP contribution is -2.44. The number of fused-ring (bicyclic) bond motifs is 1. The predicted octanol–water partition coefficient (Wildman–Crippen LogP) is 1.49. The molecule has 1 aromatic heterocycles. The zero-order valence-electron chi connectivity index (χ0n) is 11.8.